The van der Waals surface area contributed by atoms with Crippen molar-refractivity contribution < 1.29 is 19.4 Å². The number of piperazine rings is 1. The SMILES string of the molecule is COc1ccc(NC(=O)C[NH+]2CCN(c3ccccc3C)CC2)c([N+](=O)[O-])c1. The average Bonchev–Trinajstić information content (AvgIpc) is 2.69. The van der Waals surface area contributed by atoms with Gasteiger partial charge < -0.3 is 19.9 Å². The van der Waals surface area contributed by atoms with Crippen LogP contribution < -0.4 is 19.9 Å². The van der Waals surface area contributed by atoms with Crippen LogP contribution in [0.15, 0.2) is 42.5 Å². The van der Waals surface area contributed by atoms with Crippen LogP contribution in [-0.4, -0.2) is 50.7 Å². The number of aryl methyl sites for hydroxylation is 1. The number of carbonyl (C=O) groups is 1. The molecule has 0 radical (unpaired) electrons. The lowest BCUT2D eigenvalue weighted by molar-refractivity contribution is -0.892. The monoisotopic (exact) mass is 385 g/mol. The average molecular weight is 385 g/mol. The summed E-state index contributed by atoms with van der Waals surface area (Å²) < 4.78 is 5.02. The number of rotatable bonds is 6. The molecule has 1 aliphatic rings. The first-order valence-electron chi connectivity index (χ1n) is 9.24. The summed E-state index contributed by atoms with van der Waals surface area (Å²) in [5.41, 5.74) is 2.50. The highest BCUT2D eigenvalue weighted by atomic mass is 16.6. The number of carbonyl (C=O) groups excluding carboxylic acids is 1. The summed E-state index contributed by atoms with van der Waals surface area (Å²) >= 11 is 0. The summed E-state index contributed by atoms with van der Waals surface area (Å²) in [4.78, 5) is 26.6. The Labute approximate surface area is 163 Å². The highest BCUT2D eigenvalue weighted by molar-refractivity contribution is 5.93. The van der Waals surface area contributed by atoms with Gasteiger partial charge in [0.05, 0.1) is 44.3 Å². The van der Waals surface area contributed by atoms with E-state index in [1.807, 2.05) is 12.1 Å². The van der Waals surface area contributed by atoms with Crippen LogP contribution in [0, 0.1) is 17.0 Å². The van der Waals surface area contributed by atoms with E-state index >= 15 is 0 Å². The van der Waals surface area contributed by atoms with Crippen molar-refractivity contribution in [2.75, 3.05) is 50.1 Å². The van der Waals surface area contributed by atoms with Gasteiger partial charge in [-0.15, -0.1) is 0 Å². The van der Waals surface area contributed by atoms with Crippen molar-refractivity contribution in [1.29, 1.82) is 0 Å². The minimum absolute atomic E-state index is 0.174. The number of anilines is 2. The van der Waals surface area contributed by atoms with Crippen molar-refractivity contribution in [2.24, 2.45) is 0 Å². The Morgan fingerprint density at radius 2 is 1.96 bits per heavy atom. The van der Waals surface area contributed by atoms with Crippen molar-refractivity contribution in [3.8, 4) is 5.75 Å². The third kappa shape index (κ3) is 4.58. The first-order chi connectivity index (χ1) is 13.5. The molecule has 0 unspecified atom stereocenters. The second-order valence-corrected chi connectivity index (χ2v) is 6.89. The molecule has 2 N–H and O–H groups in total. The Bertz CT molecular complexity index is 863. The van der Waals surface area contributed by atoms with E-state index in [0.29, 0.717) is 5.75 Å². The number of amides is 1. The minimum atomic E-state index is -0.522. The lowest BCUT2D eigenvalue weighted by Crippen LogP contribution is -3.15. The summed E-state index contributed by atoms with van der Waals surface area (Å²) in [5, 5.41) is 13.9. The van der Waals surface area contributed by atoms with E-state index in [-0.39, 0.29) is 23.8 Å². The zero-order valence-corrected chi connectivity index (χ0v) is 16.1. The minimum Gasteiger partial charge on any atom is -0.496 e. The van der Waals surface area contributed by atoms with E-state index in [1.165, 1.54) is 35.4 Å². The normalized spacial score (nSPS) is 14.6. The summed E-state index contributed by atoms with van der Waals surface area (Å²) in [7, 11) is 1.44. The molecule has 0 aromatic heterocycles. The molecular weight excluding hydrogens is 360 g/mol. The molecule has 2 aromatic rings. The van der Waals surface area contributed by atoms with Gasteiger partial charge in [0.25, 0.3) is 11.6 Å². The smallest absolute Gasteiger partial charge is 0.296 e. The fraction of sp³-hybridized carbons (Fsp3) is 0.350. The van der Waals surface area contributed by atoms with Gasteiger partial charge in [0.15, 0.2) is 6.54 Å². The summed E-state index contributed by atoms with van der Waals surface area (Å²) in [5.74, 6) is 0.148. The van der Waals surface area contributed by atoms with Crippen molar-refractivity contribution >= 4 is 23.0 Å². The van der Waals surface area contributed by atoms with Gasteiger partial charge in [0.1, 0.15) is 11.4 Å². The second kappa shape index (κ2) is 8.71. The predicted octanol–water partition coefficient (Wildman–Crippen LogP) is 1.26. The highest BCUT2D eigenvalue weighted by Gasteiger charge is 2.24. The number of benzene rings is 2. The standard InChI is InChI=1S/C20H24N4O4/c1-15-5-3-4-6-18(15)23-11-9-22(10-12-23)14-20(25)21-17-8-7-16(28-2)13-19(17)24(26)27/h3-8,13H,9-12,14H2,1-2H3,(H,21,25)/p+1. The molecule has 0 aliphatic carbocycles. The van der Waals surface area contributed by atoms with Crippen LogP contribution in [0.2, 0.25) is 0 Å². The van der Waals surface area contributed by atoms with E-state index in [1.54, 1.807) is 6.07 Å². The molecule has 1 heterocycles. The van der Waals surface area contributed by atoms with Crippen molar-refractivity contribution in [3.05, 3.63) is 58.1 Å². The Morgan fingerprint density at radius 3 is 2.61 bits per heavy atom. The number of hydrogen-bond donors (Lipinski definition) is 2. The molecule has 0 bridgehead atoms. The zero-order chi connectivity index (χ0) is 20.1. The molecule has 1 amide bonds. The lowest BCUT2D eigenvalue weighted by Gasteiger charge is -2.34. The first kappa shape index (κ1) is 19.6. The number of ether oxygens (including phenoxy) is 1. The number of hydrogen-bond acceptors (Lipinski definition) is 5. The maximum absolute atomic E-state index is 12.4. The van der Waals surface area contributed by atoms with Gasteiger partial charge in [-0.2, -0.15) is 0 Å². The summed E-state index contributed by atoms with van der Waals surface area (Å²) in [6, 6.07) is 12.7. The fourth-order valence-corrected chi connectivity index (χ4v) is 3.48. The number of nitro benzene ring substituents is 1. The van der Waals surface area contributed by atoms with Gasteiger partial charge in [-0.25, -0.2) is 0 Å². The van der Waals surface area contributed by atoms with Gasteiger partial charge in [0, 0.05) is 5.69 Å². The molecule has 8 heteroatoms. The van der Waals surface area contributed by atoms with Crippen LogP contribution in [0.3, 0.4) is 0 Å². The molecular formula is C20H25N4O4+. The summed E-state index contributed by atoms with van der Waals surface area (Å²) in [6.45, 7) is 5.81. The molecule has 3 rings (SSSR count). The maximum Gasteiger partial charge on any atom is 0.296 e. The lowest BCUT2D eigenvalue weighted by atomic mass is 10.1. The number of para-hydroxylation sites is 1. The van der Waals surface area contributed by atoms with Crippen LogP contribution in [0.25, 0.3) is 0 Å². The molecule has 0 spiro atoms. The quantitative estimate of drug-likeness (QED) is 0.577. The molecule has 1 saturated heterocycles. The van der Waals surface area contributed by atoms with Crippen molar-refractivity contribution in [1.82, 2.24) is 0 Å². The molecule has 2 aromatic carbocycles. The van der Waals surface area contributed by atoms with Gasteiger partial charge in [0.2, 0.25) is 0 Å². The van der Waals surface area contributed by atoms with E-state index in [0.717, 1.165) is 26.2 Å². The third-order valence-corrected chi connectivity index (χ3v) is 5.01. The van der Waals surface area contributed by atoms with Crippen molar-refractivity contribution in [2.45, 2.75) is 6.92 Å². The molecule has 8 nitrogen and oxygen atoms in total. The number of quaternary nitrogens is 1. The van der Waals surface area contributed by atoms with E-state index in [2.05, 4.69) is 29.3 Å². The number of nitrogens with one attached hydrogen (secondary N) is 2. The Hall–Kier alpha value is -3.13. The number of methoxy groups -OCH3 is 1. The van der Waals surface area contributed by atoms with E-state index in [9.17, 15) is 14.9 Å². The first-order valence-corrected chi connectivity index (χ1v) is 9.24. The fourth-order valence-electron chi connectivity index (χ4n) is 3.48. The molecule has 1 aliphatic heterocycles. The molecule has 1 fully saturated rings. The Balaban J connectivity index is 1.57. The van der Waals surface area contributed by atoms with Crippen LogP contribution in [0.5, 0.6) is 5.75 Å². The third-order valence-electron chi connectivity index (χ3n) is 5.01. The Morgan fingerprint density at radius 1 is 1.25 bits per heavy atom. The van der Waals surface area contributed by atoms with Gasteiger partial charge >= 0.3 is 0 Å². The second-order valence-electron chi connectivity index (χ2n) is 6.89. The van der Waals surface area contributed by atoms with E-state index < -0.39 is 4.92 Å². The Kier molecular flexibility index (Phi) is 6.10. The predicted molar refractivity (Wildman–Crippen MR) is 107 cm³/mol. The molecule has 0 saturated carbocycles. The molecule has 148 valence electrons. The largest absolute Gasteiger partial charge is 0.496 e. The topological polar surface area (TPSA) is 89.2 Å². The number of nitrogens with zero attached hydrogens (tertiary/aromatic N) is 2. The van der Waals surface area contributed by atoms with Crippen LogP contribution in [-0.2, 0) is 4.79 Å². The van der Waals surface area contributed by atoms with Crippen LogP contribution in [0.4, 0.5) is 17.1 Å². The number of nitro groups is 1. The molecule has 28 heavy (non-hydrogen) atoms. The maximum atomic E-state index is 12.4. The van der Waals surface area contributed by atoms with Gasteiger partial charge in [-0.1, -0.05) is 18.2 Å². The summed E-state index contributed by atoms with van der Waals surface area (Å²) in [6.07, 6.45) is 0. The van der Waals surface area contributed by atoms with Gasteiger partial charge in [-0.05, 0) is 30.7 Å². The van der Waals surface area contributed by atoms with Crippen LogP contribution in [0.1, 0.15) is 5.56 Å². The zero-order valence-electron chi connectivity index (χ0n) is 16.1. The van der Waals surface area contributed by atoms with Crippen LogP contribution >= 0.6 is 0 Å². The highest BCUT2D eigenvalue weighted by Crippen LogP contribution is 2.28. The van der Waals surface area contributed by atoms with E-state index in [4.69, 9.17) is 4.74 Å². The van der Waals surface area contributed by atoms with Crippen molar-refractivity contribution in [3.63, 3.8) is 0 Å². The van der Waals surface area contributed by atoms with Gasteiger partial charge in [-0.3, -0.25) is 14.9 Å². The molecule has 0 atom stereocenters.